The van der Waals surface area contributed by atoms with Crippen LogP contribution >= 0.6 is 0 Å². The van der Waals surface area contributed by atoms with Gasteiger partial charge in [0.15, 0.2) is 0 Å². The van der Waals surface area contributed by atoms with E-state index in [1.54, 1.807) is 0 Å². The smallest absolute Gasteiger partial charge is 0.141 e. The van der Waals surface area contributed by atoms with E-state index in [0.29, 0.717) is 0 Å². The highest BCUT2D eigenvalue weighted by molar-refractivity contribution is 5.86. The molecule has 2 heteroatoms. The number of benzene rings is 2. The van der Waals surface area contributed by atoms with Crippen LogP contribution in [0.2, 0.25) is 0 Å². The summed E-state index contributed by atoms with van der Waals surface area (Å²) in [4.78, 5) is 10.5. The molecule has 0 bridgehead atoms. The van der Waals surface area contributed by atoms with Crippen LogP contribution in [0.5, 0.6) is 0 Å². The molecule has 2 rings (SSSR count). The molecule has 1 N–H and O–H groups in total. The van der Waals surface area contributed by atoms with Crippen molar-refractivity contribution in [3.63, 3.8) is 0 Å². The zero-order valence-corrected chi connectivity index (χ0v) is 8.60. The van der Waals surface area contributed by atoms with Gasteiger partial charge in [-0.3, -0.25) is 0 Å². The summed E-state index contributed by atoms with van der Waals surface area (Å²) in [5.74, 6) is 0. The van der Waals surface area contributed by atoms with Crippen LogP contribution < -0.4 is 5.32 Å². The van der Waals surface area contributed by atoms with Crippen LogP contribution in [0.1, 0.15) is 6.92 Å². The average Bonchev–Trinajstić information content (AvgIpc) is 2.29. The van der Waals surface area contributed by atoms with Gasteiger partial charge in [-0.2, -0.15) is 0 Å². The Bertz CT molecular complexity index is 479. The minimum atomic E-state index is -0.147. The van der Waals surface area contributed by atoms with Crippen LogP contribution in [-0.2, 0) is 4.79 Å². The van der Waals surface area contributed by atoms with Gasteiger partial charge in [-0.1, -0.05) is 30.3 Å². The van der Waals surface area contributed by atoms with Gasteiger partial charge in [-0.25, -0.2) is 0 Å². The first-order valence-corrected chi connectivity index (χ1v) is 5.00. The average molecular weight is 199 g/mol. The molecule has 0 fully saturated rings. The van der Waals surface area contributed by atoms with Crippen LogP contribution in [-0.4, -0.2) is 12.3 Å². The molecule has 15 heavy (non-hydrogen) atoms. The normalized spacial score (nSPS) is 12.3. The molecule has 1 unspecified atom stereocenters. The molecule has 2 aromatic rings. The molecule has 2 nitrogen and oxygen atoms in total. The fourth-order valence-electron chi connectivity index (χ4n) is 1.58. The van der Waals surface area contributed by atoms with Gasteiger partial charge in [0.1, 0.15) is 6.29 Å². The first-order valence-electron chi connectivity index (χ1n) is 5.00. The number of aldehydes is 1. The van der Waals surface area contributed by atoms with Gasteiger partial charge in [0.2, 0.25) is 0 Å². The summed E-state index contributed by atoms with van der Waals surface area (Å²) < 4.78 is 0. The lowest BCUT2D eigenvalue weighted by molar-refractivity contribution is -0.108. The van der Waals surface area contributed by atoms with Gasteiger partial charge in [-0.05, 0) is 29.8 Å². The summed E-state index contributed by atoms with van der Waals surface area (Å²) in [5, 5.41) is 5.51. The predicted molar refractivity (Wildman–Crippen MR) is 63.1 cm³/mol. The Morgan fingerprint density at radius 3 is 2.60 bits per heavy atom. The molecule has 76 valence electrons. The van der Waals surface area contributed by atoms with Crippen molar-refractivity contribution in [3.8, 4) is 0 Å². The molecule has 0 aliphatic rings. The van der Waals surface area contributed by atoms with Crippen molar-refractivity contribution in [2.24, 2.45) is 0 Å². The third kappa shape index (κ3) is 2.15. The minimum absolute atomic E-state index is 0.147. The molecule has 0 aliphatic heterocycles. The molecule has 1 atom stereocenters. The predicted octanol–water partition coefficient (Wildman–Crippen LogP) is 2.84. The third-order valence-corrected chi connectivity index (χ3v) is 2.35. The van der Waals surface area contributed by atoms with Gasteiger partial charge in [0, 0.05) is 5.69 Å². The monoisotopic (exact) mass is 199 g/mol. The quantitative estimate of drug-likeness (QED) is 0.770. The van der Waals surface area contributed by atoms with Crippen molar-refractivity contribution in [3.05, 3.63) is 42.5 Å². The standard InChI is InChI=1S/C13H13NO/c1-10(9-15)14-13-7-6-11-4-2-3-5-12(11)8-13/h2-10,14H,1H3. The summed E-state index contributed by atoms with van der Waals surface area (Å²) in [6.45, 7) is 1.84. The van der Waals surface area contributed by atoms with Crippen LogP contribution in [0.15, 0.2) is 42.5 Å². The van der Waals surface area contributed by atoms with Crippen molar-refractivity contribution in [1.29, 1.82) is 0 Å². The summed E-state index contributed by atoms with van der Waals surface area (Å²) in [6.07, 6.45) is 0.898. The Balaban J connectivity index is 2.34. The molecule has 2 aromatic carbocycles. The molecular weight excluding hydrogens is 186 g/mol. The molecule has 0 heterocycles. The molecule has 0 amide bonds. The topological polar surface area (TPSA) is 29.1 Å². The summed E-state index contributed by atoms with van der Waals surface area (Å²) >= 11 is 0. The summed E-state index contributed by atoms with van der Waals surface area (Å²) in [7, 11) is 0. The Morgan fingerprint density at radius 2 is 1.87 bits per heavy atom. The van der Waals surface area contributed by atoms with Gasteiger partial charge >= 0.3 is 0 Å². The van der Waals surface area contributed by atoms with Gasteiger partial charge in [-0.15, -0.1) is 0 Å². The Morgan fingerprint density at radius 1 is 1.13 bits per heavy atom. The second-order valence-electron chi connectivity index (χ2n) is 3.63. The second-order valence-corrected chi connectivity index (χ2v) is 3.63. The number of anilines is 1. The largest absolute Gasteiger partial charge is 0.376 e. The van der Waals surface area contributed by atoms with E-state index >= 15 is 0 Å². The summed E-state index contributed by atoms with van der Waals surface area (Å²) in [6, 6.07) is 14.1. The van der Waals surface area contributed by atoms with Crippen molar-refractivity contribution < 1.29 is 4.79 Å². The molecule has 0 saturated heterocycles. The van der Waals surface area contributed by atoms with Crippen LogP contribution in [0.4, 0.5) is 5.69 Å². The Hall–Kier alpha value is -1.83. The number of carbonyl (C=O) groups excluding carboxylic acids is 1. The van der Waals surface area contributed by atoms with Crippen LogP contribution in [0, 0.1) is 0 Å². The van der Waals surface area contributed by atoms with Crippen molar-refractivity contribution in [1.82, 2.24) is 0 Å². The maximum atomic E-state index is 10.5. The number of carbonyl (C=O) groups is 1. The van der Waals surface area contributed by atoms with Crippen molar-refractivity contribution in [2.75, 3.05) is 5.32 Å². The van der Waals surface area contributed by atoms with Gasteiger partial charge in [0.05, 0.1) is 6.04 Å². The summed E-state index contributed by atoms with van der Waals surface area (Å²) in [5.41, 5.74) is 0.980. The maximum Gasteiger partial charge on any atom is 0.141 e. The highest BCUT2D eigenvalue weighted by Gasteiger charge is 1.99. The van der Waals surface area contributed by atoms with Crippen molar-refractivity contribution >= 4 is 22.7 Å². The van der Waals surface area contributed by atoms with E-state index < -0.39 is 0 Å². The van der Waals surface area contributed by atoms with E-state index in [1.807, 2.05) is 25.1 Å². The zero-order chi connectivity index (χ0) is 10.7. The minimum Gasteiger partial charge on any atom is -0.376 e. The fourth-order valence-corrected chi connectivity index (χ4v) is 1.58. The lowest BCUT2D eigenvalue weighted by atomic mass is 10.1. The molecule has 0 saturated carbocycles. The van der Waals surface area contributed by atoms with E-state index in [1.165, 1.54) is 10.8 Å². The maximum absolute atomic E-state index is 10.5. The Kier molecular flexibility index (Phi) is 2.68. The zero-order valence-electron chi connectivity index (χ0n) is 8.60. The number of rotatable bonds is 3. The number of hydrogen-bond donors (Lipinski definition) is 1. The molecular formula is C13H13NO. The van der Waals surface area contributed by atoms with Crippen molar-refractivity contribution in [2.45, 2.75) is 13.0 Å². The molecule has 0 aliphatic carbocycles. The Labute approximate surface area is 88.9 Å². The first-order chi connectivity index (χ1) is 7.29. The molecule has 0 aromatic heterocycles. The van der Waals surface area contributed by atoms with Gasteiger partial charge < -0.3 is 10.1 Å². The second kappa shape index (κ2) is 4.13. The lowest BCUT2D eigenvalue weighted by Gasteiger charge is -2.09. The third-order valence-electron chi connectivity index (χ3n) is 2.35. The highest BCUT2D eigenvalue weighted by atomic mass is 16.1. The first kappa shape index (κ1) is 9.71. The SMILES string of the molecule is CC(C=O)Nc1ccc2ccccc2c1. The number of hydrogen-bond acceptors (Lipinski definition) is 2. The highest BCUT2D eigenvalue weighted by Crippen LogP contribution is 2.18. The molecule has 0 spiro atoms. The van der Waals surface area contributed by atoms with E-state index in [0.717, 1.165) is 12.0 Å². The van der Waals surface area contributed by atoms with Gasteiger partial charge in [0.25, 0.3) is 0 Å². The van der Waals surface area contributed by atoms with E-state index in [-0.39, 0.29) is 6.04 Å². The fraction of sp³-hybridized carbons (Fsp3) is 0.154. The van der Waals surface area contributed by atoms with E-state index in [4.69, 9.17) is 0 Å². The number of fused-ring (bicyclic) bond motifs is 1. The van der Waals surface area contributed by atoms with E-state index in [2.05, 4.69) is 29.6 Å². The lowest BCUT2D eigenvalue weighted by Crippen LogP contribution is -2.15. The van der Waals surface area contributed by atoms with Crippen LogP contribution in [0.3, 0.4) is 0 Å². The molecule has 0 radical (unpaired) electrons. The van der Waals surface area contributed by atoms with Crippen LogP contribution in [0.25, 0.3) is 10.8 Å². The number of nitrogens with one attached hydrogen (secondary N) is 1. The van der Waals surface area contributed by atoms with E-state index in [9.17, 15) is 4.79 Å².